The van der Waals surface area contributed by atoms with Crippen molar-refractivity contribution in [3.8, 4) is 0 Å². The Morgan fingerprint density at radius 3 is 2.42 bits per heavy atom. The third kappa shape index (κ3) is 6.20. The van der Waals surface area contributed by atoms with Gasteiger partial charge in [0.25, 0.3) is 5.91 Å². The van der Waals surface area contributed by atoms with Crippen LogP contribution in [0.4, 0.5) is 5.69 Å². The second-order valence-electron chi connectivity index (χ2n) is 5.43. The van der Waals surface area contributed by atoms with Gasteiger partial charge in [-0.2, -0.15) is 11.8 Å². The lowest BCUT2D eigenvalue weighted by Crippen LogP contribution is -2.44. The van der Waals surface area contributed by atoms with E-state index in [4.69, 9.17) is 23.2 Å². The SMILES string of the molecule is CSCC[C@@H](NC(=O)c1ccccc1Br)C(=O)Nc1cc(Cl)cc(Cl)c1. The van der Waals surface area contributed by atoms with Crippen molar-refractivity contribution < 1.29 is 9.59 Å². The Balaban J connectivity index is 2.13. The molecule has 2 N–H and O–H groups in total. The molecular formula is C18H17BrCl2N2O2S. The lowest BCUT2D eigenvalue weighted by atomic mass is 10.1. The zero-order valence-electron chi connectivity index (χ0n) is 13.9. The van der Waals surface area contributed by atoms with Crippen molar-refractivity contribution in [2.75, 3.05) is 17.3 Å². The molecule has 0 spiro atoms. The van der Waals surface area contributed by atoms with Gasteiger partial charge in [-0.05, 0) is 64.7 Å². The third-order valence-electron chi connectivity index (χ3n) is 3.48. The van der Waals surface area contributed by atoms with Gasteiger partial charge in [0.1, 0.15) is 6.04 Å². The average molecular weight is 476 g/mol. The van der Waals surface area contributed by atoms with Crippen LogP contribution in [0, 0.1) is 0 Å². The Kier molecular flexibility index (Phi) is 8.28. The van der Waals surface area contributed by atoms with E-state index in [2.05, 4.69) is 26.6 Å². The zero-order chi connectivity index (χ0) is 19.1. The van der Waals surface area contributed by atoms with Gasteiger partial charge in [0.2, 0.25) is 5.91 Å². The van der Waals surface area contributed by atoms with Crippen molar-refractivity contribution in [1.29, 1.82) is 0 Å². The maximum absolute atomic E-state index is 12.7. The fourth-order valence-electron chi connectivity index (χ4n) is 2.24. The van der Waals surface area contributed by atoms with Crippen molar-refractivity contribution in [2.45, 2.75) is 12.5 Å². The molecule has 2 amide bonds. The molecule has 0 saturated carbocycles. The van der Waals surface area contributed by atoms with Crippen LogP contribution in [0.2, 0.25) is 10.0 Å². The Morgan fingerprint density at radius 1 is 1.15 bits per heavy atom. The molecule has 1 atom stereocenters. The molecular weight excluding hydrogens is 459 g/mol. The summed E-state index contributed by atoms with van der Waals surface area (Å²) in [4.78, 5) is 25.2. The molecule has 0 aliphatic carbocycles. The van der Waals surface area contributed by atoms with Gasteiger partial charge in [-0.25, -0.2) is 0 Å². The number of carbonyl (C=O) groups excluding carboxylic acids is 2. The van der Waals surface area contributed by atoms with E-state index in [-0.39, 0.29) is 11.8 Å². The van der Waals surface area contributed by atoms with Crippen molar-refractivity contribution in [2.24, 2.45) is 0 Å². The minimum absolute atomic E-state index is 0.317. The smallest absolute Gasteiger partial charge is 0.253 e. The quantitative estimate of drug-likeness (QED) is 0.575. The van der Waals surface area contributed by atoms with Gasteiger partial charge in [0.15, 0.2) is 0 Å². The molecule has 8 heteroatoms. The molecule has 4 nitrogen and oxygen atoms in total. The van der Waals surface area contributed by atoms with Crippen LogP contribution in [0.15, 0.2) is 46.9 Å². The molecule has 0 heterocycles. The molecule has 0 bridgehead atoms. The first kappa shape index (κ1) is 21.1. The molecule has 2 aromatic carbocycles. The van der Waals surface area contributed by atoms with Gasteiger partial charge in [0, 0.05) is 20.2 Å². The molecule has 138 valence electrons. The highest BCUT2D eigenvalue weighted by atomic mass is 79.9. The number of rotatable bonds is 7. The normalized spacial score (nSPS) is 11.7. The van der Waals surface area contributed by atoms with Crippen LogP contribution in [0.1, 0.15) is 16.8 Å². The second-order valence-corrected chi connectivity index (χ2v) is 8.15. The maximum atomic E-state index is 12.7. The molecule has 0 aliphatic heterocycles. The van der Waals surface area contributed by atoms with Crippen LogP contribution in [0.3, 0.4) is 0 Å². The number of amides is 2. The molecule has 0 radical (unpaired) electrons. The van der Waals surface area contributed by atoms with Crippen molar-refractivity contribution in [1.82, 2.24) is 5.32 Å². The lowest BCUT2D eigenvalue weighted by Gasteiger charge is -2.19. The number of thioether (sulfide) groups is 1. The van der Waals surface area contributed by atoms with Gasteiger partial charge in [-0.15, -0.1) is 0 Å². The molecule has 2 rings (SSSR count). The van der Waals surface area contributed by atoms with E-state index >= 15 is 0 Å². The molecule has 0 saturated heterocycles. The fourth-order valence-corrected chi connectivity index (χ4v) is 3.70. The minimum atomic E-state index is -0.681. The number of hydrogen-bond donors (Lipinski definition) is 2. The Bertz CT molecular complexity index is 784. The third-order valence-corrected chi connectivity index (χ3v) is 5.25. The highest BCUT2D eigenvalue weighted by Gasteiger charge is 2.22. The monoisotopic (exact) mass is 474 g/mol. The van der Waals surface area contributed by atoms with Crippen LogP contribution in [0.5, 0.6) is 0 Å². The van der Waals surface area contributed by atoms with E-state index in [1.807, 2.05) is 12.3 Å². The van der Waals surface area contributed by atoms with Crippen molar-refractivity contribution >= 4 is 68.4 Å². The molecule has 2 aromatic rings. The van der Waals surface area contributed by atoms with Crippen LogP contribution in [0.25, 0.3) is 0 Å². The summed E-state index contributed by atoms with van der Waals surface area (Å²) in [5.41, 5.74) is 0.956. The summed E-state index contributed by atoms with van der Waals surface area (Å²) in [7, 11) is 0. The summed E-state index contributed by atoms with van der Waals surface area (Å²) in [5.74, 6) is 0.0885. The van der Waals surface area contributed by atoms with E-state index in [0.717, 1.165) is 5.75 Å². The first-order valence-corrected chi connectivity index (χ1v) is 10.7. The highest BCUT2D eigenvalue weighted by molar-refractivity contribution is 9.10. The Hall–Kier alpha value is -1.21. The number of benzene rings is 2. The summed E-state index contributed by atoms with van der Waals surface area (Å²) in [6, 6.07) is 11.2. The first-order valence-electron chi connectivity index (χ1n) is 7.72. The van der Waals surface area contributed by atoms with E-state index in [0.29, 0.717) is 32.2 Å². The summed E-state index contributed by atoms with van der Waals surface area (Å²) >= 11 is 16.9. The van der Waals surface area contributed by atoms with Gasteiger partial charge in [-0.1, -0.05) is 35.3 Å². The summed E-state index contributed by atoms with van der Waals surface area (Å²) in [6.45, 7) is 0. The predicted molar refractivity (Wildman–Crippen MR) is 113 cm³/mol. The Morgan fingerprint density at radius 2 is 1.81 bits per heavy atom. The van der Waals surface area contributed by atoms with Gasteiger partial charge < -0.3 is 10.6 Å². The maximum Gasteiger partial charge on any atom is 0.253 e. The lowest BCUT2D eigenvalue weighted by molar-refractivity contribution is -0.118. The van der Waals surface area contributed by atoms with Gasteiger partial charge in [-0.3, -0.25) is 9.59 Å². The minimum Gasteiger partial charge on any atom is -0.340 e. The predicted octanol–water partition coefficient (Wildman–Crippen LogP) is 5.25. The van der Waals surface area contributed by atoms with Crippen molar-refractivity contribution in [3.05, 3.63) is 62.5 Å². The fraction of sp³-hybridized carbons (Fsp3) is 0.222. The molecule has 26 heavy (non-hydrogen) atoms. The average Bonchev–Trinajstić information content (AvgIpc) is 2.57. The van der Waals surface area contributed by atoms with Gasteiger partial charge in [0.05, 0.1) is 5.56 Å². The topological polar surface area (TPSA) is 58.2 Å². The van der Waals surface area contributed by atoms with Crippen LogP contribution < -0.4 is 10.6 Å². The number of anilines is 1. The molecule has 0 fully saturated rings. The zero-order valence-corrected chi connectivity index (χ0v) is 17.8. The summed E-state index contributed by atoms with van der Waals surface area (Å²) in [5, 5.41) is 6.40. The van der Waals surface area contributed by atoms with Gasteiger partial charge >= 0.3 is 0 Å². The first-order chi connectivity index (χ1) is 12.4. The number of hydrogen-bond acceptors (Lipinski definition) is 3. The molecule has 0 aliphatic rings. The van der Waals surface area contributed by atoms with Crippen LogP contribution in [-0.2, 0) is 4.79 Å². The molecule has 0 aromatic heterocycles. The van der Waals surface area contributed by atoms with E-state index in [1.165, 1.54) is 0 Å². The van der Waals surface area contributed by atoms with Crippen LogP contribution in [-0.4, -0.2) is 29.9 Å². The summed E-state index contributed by atoms with van der Waals surface area (Å²) in [6.07, 6.45) is 2.44. The number of nitrogens with one attached hydrogen (secondary N) is 2. The second kappa shape index (κ2) is 10.2. The van der Waals surface area contributed by atoms with E-state index < -0.39 is 6.04 Å². The molecule has 0 unspecified atom stereocenters. The van der Waals surface area contributed by atoms with Crippen LogP contribution >= 0.6 is 50.9 Å². The van der Waals surface area contributed by atoms with E-state index in [1.54, 1.807) is 48.2 Å². The van der Waals surface area contributed by atoms with Crippen molar-refractivity contribution in [3.63, 3.8) is 0 Å². The number of halogens is 3. The Labute approximate surface area is 175 Å². The summed E-state index contributed by atoms with van der Waals surface area (Å²) < 4.78 is 0.670. The van der Waals surface area contributed by atoms with E-state index in [9.17, 15) is 9.59 Å². The highest BCUT2D eigenvalue weighted by Crippen LogP contribution is 2.23. The standard InChI is InChI=1S/C18H17BrCl2N2O2S/c1-26-7-6-16(23-17(24)14-4-2-3-5-15(14)19)18(25)22-13-9-11(20)8-12(21)10-13/h2-5,8-10,16H,6-7H2,1H3,(H,22,25)(H,23,24)/t16-/m1/s1. The number of carbonyl (C=O) groups is 2. The largest absolute Gasteiger partial charge is 0.340 e.